The fraction of sp³-hybridized carbons (Fsp3) is 0.250. The van der Waals surface area contributed by atoms with E-state index in [4.69, 9.17) is 14.5 Å². The number of hydrogen-bond acceptors (Lipinski definition) is 5. The van der Waals surface area contributed by atoms with Crippen LogP contribution in [0.4, 0.5) is 0 Å². The fourth-order valence-electron chi connectivity index (χ4n) is 3.67. The number of aromatic nitrogens is 2. The molecule has 0 radical (unpaired) electrons. The third kappa shape index (κ3) is 6.51. The smallest absolute Gasteiger partial charge is 0.282 e. The minimum Gasteiger partial charge on any atom is -0.490 e. The van der Waals surface area contributed by atoms with Crippen molar-refractivity contribution in [1.29, 1.82) is 0 Å². The van der Waals surface area contributed by atoms with Crippen molar-refractivity contribution in [2.24, 2.45) is 5.10 Å². The van der Waals surface area contributed by atoms with Crippen molar-refractivity contribution in [3.63, 3.8) is 0 Å². The Kier molecular flexibility index (Phi) is 8.56. The summed E-state index contributed by atoms with van der Waals surface area (Å²) in [5, 5.41) is 5.07. The number of halogens is 3. The molecule has 1 aromatic heterocycles. The molecule has 192 valence electrons. The second kappa shape index (κ2) is 11.5. The van der Waals surface area contributed by atoms with Crippen LogP contribution in [0.25, 0.3) is 10.9 Å². The molecule has 0 fully saturated rings. The summed E-state index contributed by atoms with van der Waals surface area (Å²) in [6.07, 6.45) is 1.63. The summed E-state index contributed by atoms with van der Waals surface area (Å²) in [6, 6.07) is 17.2. The van der Waals surface area contributed by atoms with Gasteiger partial charge in [-0.05, 0) is 76.4 Å². The topological polar surface area (TPSA) is 65.7 Å². The maximum Gasteiger partial charge on any atom is 0.282 e. The molecule has 6 nitrogen and oxygen atoms in total. The van der Waals surface area contributed by atoms with Gasteiger partial charge in [0, 0.05) is 14.4 Å². The van der Waals surface area contributed by atoms with Crippen molar-refractivity contribution < 1.29 is 9.47 Å². The van der Waals surface area contributed by atoms with Crippen LogP contribution in [0.1, 0.15) is 44.6 Å². The Balaban J connectivity index is 1.72. The highest BCUT2D eigenvalue weighted by atomic mass is 79.9. The van der Waals surface area contributed by atoms with E-state index in [0.717, 1.165) is 24.5 Å². The van der Waals surface area contributed by atoms with Gasteiger partial charge in [0.1, 0.15) is 12.4 Å². The van der Waals surface area contributed by atoms with E-state index in [9.17, 15) is 4.79 Å². The maximum atomic E-state index is 13.4. The van der Waals surface area contributed by atoms with Crippen LogP contribution < -0.4 is 15.0 Å². The van der Waals surface area contributed by atoms with Crippen molar-refractivity contribution in [3.05, 3.63) is 95.3 Å². The highest BCUT2D eigenvalue weighted by molar-refractivity contribution is 9.11. The van der Waals surface area contributed by atoms with Gasteiger partial charge in [0.05, 0.1) is 28.2 Å². The summed E-state index contributed by atoms with van der Waals surface area (Å²) in [6.45, 7) is 8.80. The molecule has 0 atom stereocenters. The molecule has 9 heteroatoms. The summed E-state index contributed by atoms with van der Waals surface area (Å²) in [7, 11) is 0. The Morgan fingerprint density at radius 2 is 1.68 bits per heavy atom. The largest absolute Gasteiger partial charge is 0.490 e. The summed E-state index contributed by atoms with van der Waals surface area (Å²) < 4.78 is 15.9. The van der Waals surface area contributed by atoms with Crippen molar-refractivity contribution in [3.8, 4) is 11.5 Å². The molecular formula is C28H26Br3N3O3. The zero-order valence-electron chi connectivity index (χ0n) is 20.9. The van der Waals surface area contributed by atoms with Gasteiger partial charge in [0.2, 0.25) is 0 Å². The van der Waals surface area contributed by atoms with Crippen LogP contribution in [0.15, 0.2) is 77.9 Å². The maximum absolute atomic E-state index is 13.4. The molecule has 37 heavy (non-hydrogen) atoms. The van der Waals surface area contributed by atoms with Crippen LogP contribution in [0, 0.1) is 0 Å². The van der Waals surface area contributed by atoms with E-state index in [2.05, 4.69) is 52.9 Å². The molecule has 0 aliphatic heterocycles. The lowest BCUT2D eigenvalue weighted by Crippen LogP contribution is -2.29. The van der Waals surface area contributed by atoms with Crippen LogP contribution in [0.3, 0.4) is 0 Å². The molecule has 1 heterocycles. The van der Waals surface area contributed by atoms with E-state index in [1.54, 1.807) is 12.3 Å². The van der Waals surface area contributed by atoms with E-state index in [1.807, 2.05) is 76.2 Å². The monoisotopic (exact) mass is 689 g/mol. The molecule has 3 aromatic carbocycles. The molecule has 0 aliphatic carbocycles. The Hall–Kier alpha value is -2.49. The first-order chi connectivity index (χ1) is 17.6. The number of hydrogen-bond donors (Lipinski definition) is 0. The van der Waals surface area contributed by atoms with Gasteiger partial charge < -0.3 is 9.47 Å². The Morgan fingerprint density at radius 3 is 2.35 bits per heavy atom. The summed E-state index contributed by atoms with van der Waals surface area (Å²) in [4.78, 5) is 18.2. The van der Waals surface area contributed by atoms with Gasteiger partial charge >= 0.3 is 0 Å². The quantitative estimate of drug-likeness (QED) is 0.185. The Morgan fingerprint density at radius 1 is 0.973 bits per heavy atom. The summed E-state index contributed by atoms with van der Waals surface area (Å²) >= 11 is 10.5. The number of ether oxygens (including phenoxy) is 2. The Labute approximate surface area is 241 Å². The lowest BCUT2D eigenvalue weighted by Gasteiger charge is -2.21. The van der Waals surface area contributed by atoms with Gasteiger partial charge in [-0.15, -0.1) is 0 Å². The van der Waals surface area contributed by atoms with E-state index < -0.39 is 5.41 Å². The number of rotatable bonds is 7. The van der Waals surface area contributed by atoms with Crippen LogP contribution in [-0.4, -0.2) is 22.5 Å². The molecule has 0 bridgehead atoms. The van der Waals surface area contributed by atoms with Crippen LogP contribution in [0.5, 0.6) is 11.5 Å². The molecule has 0 saturated carbocycles. The molecule has 0 aliphatic rings. The summed E-state index contributed by atoms with van der Waals surface area (Å²) in [5.74, 6) is 1.76. The van der Waals surface area contributed by atoms with Crippen LogP contribution in [0.2, 0.25) is 0 Å². The molecule has 4 rings (SSSR count). The third-order valence-electron chi connectivity index (χ3n) is 5.43. The molecule has 0 amide bonds. The minimum atomic E-state index is -0.403. The van der Waals surface area contributed by atoms with Gasteiger partial charge in [0.25, 0.3) is 5.56 Å². The predicted molar refractivity (Wildman–Crippen MR) is 159 cm³/mol. The average molecular weight is 692 g/mol. The molecule has 0 N–H and O–H groups in total. The lowest BCUT2D eigenvalue weighted by molar-refractivity contribution is 0.267. The van der Waals surface area contributed by atoms with E-state index in [1.165, 1.54) is 4.68 Å². The molecular weight excluding hydrogens is 666 g/mol. The van der Waals surface area contributed by atoms with E-state index in [-0.39, 0.29) is 5.56 Å². The van der Waals surface area contributed by atoms with E-state index >= 15 is 0 Å². The highest BCUT2D eigenvalue weighted by Gasteiger charge is 2.23. The van der Waals surface area contributed by atoms with Gasteiger partial charge in [0.15, 0.2) is 11.5 Å². The first-order valence-corrected chi connectivity index (χ1v) is 14.1. The summed E-state index contributed by atoms with van der Waals surface area (Å²) in [5.41, 5.74) is 1.78. The fourth-order valence-corrected chi connectivity index (χ4v) is 4.87. The SMILES string of the molecule is CCOc1cc(C=Nn2c(C(C)(C)C)nc3ccc(Br)cc3c2=O)cc(Br)c1OCc1ccc(Br)cc1. The zero-order chi connectivity index (χ0) is 26.7. The molecule has 0 spiro atoms. The van der Waals surface area contributed by atoms with Crippen LogP contribution >= 0.6 is 47.8 Å². The van der Waals surface area contributed by atoms with Crippen molar-refractivity contribution >= 4 is 64.9 Å². The first-order valence-electron chi connectivity index (χ1n) is 11.7. The Bertz CT molecular complexity index is 1520. The van der Waals surface area contributed by atoms with Gasteiger partial charge in [-0.2, -0.15) is 9.78 Å². The molecule has 0 unspecified atom stereocenters. The molecule has 4 aromatic rings. The lowest BCUT2D eigenvalue weighted by atomic mass is 9.95. The van der Waals surface area contributed by atoms with Crippen molar-refractivity contribution in [2.45, 2.75) is 39.7 Å². The van der Waals surface area contributed by atoms with Gasteiger partial charge in [-0.1, -0.05) is 64.8 Å². The predicted octanol–water partition coefficient (Wildman–Crippen LogP) is 7.84. The van der Waals surface area contributed by atoms with Gasteiger partial charge in [-0.25, -0.2) is 4.98 Å². The number of nitrogens with zero attached hydrogens (tertiary/aromatic N) is 3. The third-order valence-corrected chi connectivity index (χ3v) is 7.04. The van der Waals surface area contributed by atoms with Gasteiger partial charge in [-0.3, -0.25) is 4.79 Å². The van der Waals surface area contributed by atoms with Crippen molar-refractivity contribution in [2.75, 3.05) is 6.61 Å². The second-order valence-electron chi connectivity index (χ2n) is 9.39. The minimum absolute atomic E-state index is 0.231. The normalized spacial score (nSPS) is 11.9. The number of fused-ring (bicyclic) bond motifs is 1. The van der Waals surface area contributed by atoms with E-state index in [0.29, 0.717) is 41.4 Å². The second-order valence-corrected chi connectivity index (χ2v) is 12.1. The molecule has 0 saturated heterocycles. The standard InChI is InChI=1S/C28H26Br3N3O3/c1-5-36-24-13-18(12-22(31)25(24)37-16-17-6-8-19(29)9-7-17)15-32-34-26(35)21-14-20(30)10-11-23(21)33-27(34)28(2,3)4/h6-15H,5,16H2,1-4H3. The first kappa shape index (κ1) is 27.5. The van der Waals surface area contributed by atoms with Crippen LogP contribution in [-0.2, 0) is 12.0 Å². The van der Waals surface area contributed by atoms with Crippen molar-refractivity contribution in [1.82, 2.24) is 9.66 Å². The number of benzene rings is 3. The highest BCUT2D eigenvalue weighted by Crippen LogP contribution is 2.37. The average Bonchev–Trinajstić information content (AvgIpc) is 2.84. The zero-order valence-corrected chi connectivity index (χ0v) is 25.6.